The van der Waals surface area contributed by atoms with E-state index in [1.807, 2.05) is 0 Å². The summed E-state index contributed by atoms with van der Waals surface area (Å²) >= 11 is 12.0. The van der Waals surface area contributed by atoms with E-state index in [0.29, 0.717) is 17.2 Å². The Kier molecular flexibility index (Phi) is 7.54. The summed E-state index contributed by atoms with van der Waals surface area (Å²) in [4.78, 5) is 10.9. The Balaban J connectivity index is 2.48. The number of benzene rings is 2. The largest absolute Gasteiger partial charge is 0.456 e. The molecule has 0 saturated heterocycles. The zero-order chi connectivity index (χ0) is 21.8. The highest BCUT2D eigenvalue weighted by atomic mass is 35.5. The SMILES string of the molecule is CCC(C)(Nc1cc(Oc2ccc(Cl)cc2Cl)ccc1[N+](=O)[O-])P(=O)(OC)OC. The second kappa shape index (κ2) is 9.32. The summed E-state index contributed by atoms with van der Waals surface area (Å²) in [5, 5.41) is 14.0. The van der Waals surface area contributed by atoms with Crippen LogP contribution in [0.2, 0.25) is 10.0 Å². The Hall–Kier alpha value is -1.83. The van der Waals surface area contributed by atoms with Crippen LogP contribution in [-0.2, 0) is 13.6 Å². The number of hydrogen-bond donors (Lipinski definition) is 1. The van der Waals surface area contributed by atoms with Crippen LogP contribution >= 0.6 is 30.8 Å². The molecule has 2 aromatic carbocycles. The smallest absolute Gasteiger partial charge is 0.354 e. The van der Waals surface area contributed by atoms with E-state index < -0.39 is 17.8 Å². The Morgan fingerprint density at radius 1 is 1.17 bits per heavy atom. The molecule has 0 bridgehead atoms. The highest BCUT2D eigenvalue weighted by molar-refractivity contribution is 7.55. The first-order chi connectivity index (χ1) is 13.6. The maximum absolute atomic E-state index is 13.0. The van der Waals surface area contributed by atoms with Crippen LogP contribution in [0.4, 0.5) is 11.4 Å². The number of nitro groups is 1. The van der Waals surface area contributed by atoms with Crippen LogP contribution in [0.1, 0.15) is 20.3 Å². The van der Waals surface area contributed by atoms with Crippen LogP contribution < -0.4 is 10.1 Å². The second-order valence-electron chi connectivity index (χ2n) is 6.23. The minimum absolute atomic E-state index is 0.0938. The summed E-state index contributed by atoms with van der Waals surface area (Å²) in [7, 11) is -1.10. The van der Waals surface area contributed by atoms with E-state index in [4.69, 9.17) is 37.0 Å². The van der Waals surface area contributed by atoms with Crippen LogP contribution in [0.5, 0.6) is 11.5 Å². The first-order valence-corrected chi connectivity index (χ1v) is 10.8. The van der Waals surface area contributed by atoms with Gasteiger partial charge in [-0.1, -0.05) is 30.1 Å². The lowest BCUT2D eigenvalue weighted by molar-refractivity contribution is -0.384. The molecular formula is C18H21Cl2N2O6P. The predicted molar refractivity (Wildman–Crippen MR) is 114 cm³/mol. The fourth-order valence-electron chi connectivity index (χ4n) is 2.64. The minimum Gasteiger partial charge on any atom is -0.456 e. The number of nitro benzene ring substituents is 1. The Bertz CT molecular complexity index is 950. The average molecular weight is 463 g/mol. The molecular weight excluding hydrogens is 442 g/mol. The Morgan fingerprint density at radius 3 is 2.34 bits per heavy atom. The van der Waals surface area contributed by atoms with Gasteiger partial charge in [-0.3, -0.25) is 14.7 Å². The number of hydrogen-bond acceptors (Lipinski definition) is 7. The standard InChI is InChI=1S/C18H21Cl2N2O6P/c1-5-18(2,29(25,26-3)27-4)21-15-11-13(7-8-16(15)22(23)24)28-17-9-6-12(19)10-14(17)20/h6-11,21H,5H2,1-4H3. The summed E-state index contributed by atoms with van der Waals surface area (Å²) in [5.41, 5.74) is -0.130. The third kappa shape index (κ3) is 5.02. The number of nitrogens with one attached hydrogen (secondary N) is 1. The molecule has 0 heterocycles. The number of nitrogens with zero attached hydrogens (tertiary/aromatic N) is 1. The van der Waals surface area contributed by atoms with Crippen molar-refractivity contribution in [1.29, 1.82) is 0 Å². The van der Waals surface area contributed by atoms with Gasteiger partial charge in [-0.15, -0.1) is 0 Å². The van der Waals surface area contributed by atoms with Crippen LogP contribution in [0, 0.1) is 10.1 Å². The van der Waals surface area contributed by atoms with Crippen molar-refractivity contribution < 1.29 is 23.3 Å². The van der Waals surface area contributed by atoms with Crippen molar-refractivity contribution in [3.63, 3.8) is 0 Å². The van der Waals surface area contributed by atoms with E-state index in [1.165, 1.54) is 38.5 Å². The fraction of sp³-hybridized carbons (Fsp3) is 0.333. The second-order valence-corrected chi connectivity index (χ2v) is 9.78. The molecule has 0 aliphatic carbocycles. The van der Waals surface area contributed by atoms with E-state index in [-0.39, 0.29) is 22.1 Å². The third-order valence-electron chi connectivity index (χ3n) is 4.46. The number of halogens is 2. The zero-order valence-electron chi connectivity index (χ0n) is 16.3. The molecule has 29 heavy (non-hydrogen) atoms. The predicted octanol–water partition coefficient (Wildman–Crippen LogP) is 6.72. The first kappa shape index (κ1) is 23.4. The normalized spacial score (nSPS) is 13.6. The molecule has 11 heteroatoms. The highest BCUT2D eigenvalue weighted by Gasteiger charge is 2.45. The molecule has 158 valence electrons. The van der Waals surface area contributed by atoms with Crippen molar-refractivity contribution in [3.8, 4) is 11.5 Å². The summed E-state index contributed by atoms with van der Waals surface area (Å²) < 4.78 is 29.0. The first-order valence-electron chi connectivity index (χ1n) is 8.50. The van der Waals surface area contributed by atoms with Gasteiger partial charge in [0.1, 0.15) is 22.5 Å². The number of ether oxygens (including phenoxy) is 1. The van der Waals surface area contributed by atoms with E-state index in [9.17, 15) is 14.7 Å². The van der Waals surface area contributed by atoms with Crippen LogP contribution in [0.25, 0.3) is 0 Å². The van der Waals surface area contributed by atoms with Gasteiger partial charge >= 0.3 is 7.60 Å². The van der Waals surface area contributed by atoms with Crippen molar-refractivity contribution in [2.75, 3.05) is 19.5 Å². The molecule has 2 aromatic rings. The number of rotatable bonds is 9. The van der Waals surface area contributed by atoms with Gasteiger partial charge in [0.2, 0.25) is 0 Å². The lowest BCUT2D eigenvalue weighted by Crippen LogP contribution is -2.35. The van der Waals surface area contributed by atoms with Crippen LogP contribution in [-0.4, -0.2) is 24.4 Å². The highest BCUT2D eigenvalue weighted by Crippen LogP contribution is 2.60. The van der Waals surface area contributed by atoms with Crippen LogP contribution in [0.3, 0.4) is 0 Å². The summed E-state index contributed by atoms with van der Waals surface area (Å²) in [5.74, 6) is 0.610. The molecule has 1 N–H and O–H groups in total. The summed E-state index contributed by atoms with van der Waals surface area (Å²) in [6.07, 6.45) is 0.303. The third-order valence-corrected chi connectivity index (χ3v) is 7.59. The summed E-state index contributed by atoms with van der Waals surface area (Å²) in [6.45, 7) is 3.37. The molecule has 1 unspecified atom stereocenters. The molecule has 0 spiro atoms. The average Bonchev–Trinajstić information content (AvgIpc) is 2.69. The molecule has 0 aliphatic rings. The molecule has 0 aromatic heterocycles. The van der Waals surface area contributed by atoms with Crippen molar-refractivity contribution in [1.82, 2.24) is 0 Å². The maximum atomic E-state index is 13.0. The monoisotopic (exact) mass is 462 g/mol. The van der Waals surface area contributed by atoms with Crippen molar-refractivity contribution in [3.05, 3.63) is 56.6 Å². The summed E-state index contributed by atoms with van der Waals surface area (Å²) in [6, 6.07) is 8.84. The lowest BCUT2D eigenvalue weighted by atomic mass is 10.2. The molecule has 0 saturated carbocycles. The van der Waals surface area contributed by atoms with E-state index in [1.54, 1.807) is 26.0 Å². The van der Waals surface area contributed by atoms with Crippen molar-refractivity contribution in [2.45, 2.75) is 25.5 Å². The van der Waals surface area contributed by atoms with E-state index >= 15 is 0 Å². The van der Waals surface area contributed by atoms with E-state index in [2.05, 4.69) is 5.32 Å². The van der Waals surface area contributed by atoms with Crippen molar-refractivity contribution in [2.24, 2.45) is 0 Å². The number of anilines is 1. The topological polar surface area (TPSA) is 99.9 Å². The van der Waals surface area contributed by atoms with Gasteiger partial charge in [0.05, 0.1) is 9.95 Å². The minimum atomic E-state index is -3.62. The van der Waals surface area contributed by atoms with Gasteiger partial charge in [-0.25, -0.2) is 0 Å². The van der Waals surface area contributed by atoms with Gasteiger partial charge in [0.15, 0.2) is 0 Å². The molecule has 1 atom stereocenters. The lowest BCUT2D eigenvalue weighted by Gasteiger charge is -2.35. The molecule has 0 amide bonds. The van der Waals surface area contributed by atoms with E-state index in [0.717, 1.165) is 0 Å². The van der Waals surface area contributed by atoms with Crippen LogP contribution in [0.15, 0.2) is 36.4 Å². The van der Waals surface area contributed by atoms with Crippen molar-refractivity contribution >= 4 is 42.2 Å². The molecule has 2 rings (SSSR count). The van der Waals surface area contributed by atoms with Gasteiger partial charge in [0.25, 0.3) is 5.69 Å². The van der Waals surface area contributed by atoms with Gasteiger partial charge in [-0.2, -0.15) is 0 Å². The fourth-order valence-corrected chi connectivity index (χ4v) is 4.69. The van der Waals surface area contributed by atoms with Gasteiger partial charge in [0, 0.05) is 31.4 Å². The maximum Gasteiger partial charge on any atom is 0.354 e. The molecule has 8 nitrogen and oxygen atoms in total. The molecule has 0 fully saturated rings. The molecule has 0 aliphatic heterocycles. The Morgan fingerprint density at radius 2 is 1.83 bits per heavy atom. The van der Waals surface area contributed by atoms with Gasteiger partial charge in [-0.05, 0) is 37.6 Å². The Labute approximate surface area is 178 Å². The zero-order valence-corrected chi connectivity index (χ0v) is 18.7. The molecule has 0 radical (unpaired) electrons. The quantitative estimate of drug-likeness (QED) is 0.250. The van der Waals surface area contributed by atoms with Gasteiger partial charge < -0.3 is 19.1 Å².